The number of ether oxygens (including phenoxy) is 2. The summed E-state index contributed by atoms with van der Waals surface area (Å²) in [5, 5.41) is 8.50. The fourth-order valence-electron chi connectivity index (χ4n) is 4.92. The molecular formula is C27H24N4O4. The molecule has 4 heterocycles. The van der Waals surface area contributed by atoms with Gasteiger partial charge in [-0.15, -0.1) is 0 Å². The number of hydrogen-bond acceptors (Lipinski definition) is 5. The number of hydrogen-bond donors (Lipinski definition) is 2. The number of aromatic nitrogens is 3. The number of nitrogens with zero attached hydrogens (tertiary/aromatic N) is 2. The van der Waals surface area contributed by atoms with Gasteiger partial charge in [-0.25, -0.2) is 0 Å². The Morgan fingerprint density at radius 3 is 2.71 bits per heavy atom. The van der Waals surface area contributed by atoms with Gasteiger partial charge in [-0.2, -0.15) is 5.10 Å². The van der Waals surface area contributed by atoms with Crippen LogP contribution in [0.4, 0.5) is 0 Å². The predicted octanol–water partition coefficient (Wildman–Crippen LogP) is 4.96. The van der Waals surface area contributed by atoms with E-state index in [1.54, 1.807) is 20.5 Å². The molecule has 0 saturated heterocycles. The van der Waals surface area contributed by atoms with Crippen molar-refractivity contribution in [2.45, 2.75) is 12.5 Å². The summed E-state index contributed by atoms with van der Waals surface area (Å²) in [4.78, 5) is 18.8. The molecule has 0 fully saturated rings. The van der Waals surface area contributed by atoms with Gasteiger partial charge in [0, 0.05) is 29.2 Å². The van der Waals surface area contributed by atoms with Crippen molar-refractivity contribution in [2.75, 3.05) is 20.8 Å². The van der Waals surface area contributed by atoms with Crippen molar-refractivity contribution < 1.29 is 18.7 Å². The zero-order valence-electron chi connectivity index (χ0n) is 19.4. The van der Waals surface area contributed by atoms with Gasteiger partial charge in [0.25, 0.3) is 5.91 Å². The highest BCUT2D eigenvalue weighted by atomic mass is 16.5. The van der Waals surface area contributed by atoms with Crippen molar-refractivity contribution in [3.05, 3.63) is 89.4 Å². The van der Waals surface area contributed by atoms with E-state index >= 15 is 0 Å². The zero-order valence-corrected chi connectivity index (χ0v) is 19.4. The molecule has 1 amide bonds. The second kappa shape index (κ2) is 8.39. The van der Waals surface area contributed by atoms with Crippen LogP contribution in [0.25, 0.3) is 22.4 Å². The summed E-state index contributed by atoms with van der Waals surface area (Å²) in [7, 11) is 3.30. The summed E-state index contributed by atoms with van der Waals surface area (Å²) >= 11 is 0. The number of furan rings is 1. The van der Waals surface area contributed by atoms with Gasteiger partial charge in [0.15, 0.2) is 11.5 Å². The van der Waals surface area contributed by atoms with Crippen molar-refractivity contribution in [2.24, 2.45) is 0 Å². The first-order valence-electron chi connectivity index (χ1n) is 11.4. The molecule has 2 N–H and O–H groups in total. The Labute approximate surface area is 201 Å². The molecule has 1 aliphatic heterocycles. The number of H-pyrrole nitrogens is 2. The molecule has 0 aliphatic carbocycles. The molecule has 0 spiro atoms. The number of fused-ring (bicyclic) bond motifs is 2. The quantitative estimate of drug-likeness (QED) is 0.352. The van der Waals surface area contributed by atoms with E-state index in [0.717, 1.165) is 39.1 Å². The third-order valence-corrected chi connectivity index (χ3v) is 6.63. The van der Waals surface area contributed by atoms with Crippen LogP contribution in [0.15, 0.2) is 71.5 Å². The normalized spacial score (nSPS) is 15.1. The average molecular weight is 469 g/mol. The maximum atomic E-state index is 13.6. The Hall–Kier alpha value is -4.46. The molecule has 1 atom stereocenters. The summed E-state index contributed by atoms with van der Waals surface area (Å²) in [6.45, 7) is 0.513. The fraction of sp³-hybridized carbons (Fsp3) is 0.185. The second-order valence-corrected chi connectivity index (χ2v) is 8.49. The van der Waals surface area contributed by atoms with E-state index in [-0.39, 0.29) is 11.9 Å². The number of nitrogens with one attached hydrogen (secondary N) is 2. The van der Waals surface area contributed by atoms with E-state index in [4.69, 9.17) is 13.9 Å². The minimum atomic E-state index is -0.328. The monoisotopic (exact) mass is 468 g/mol. The van der Waals surface area contributed by atoms with Crippen LogP contribution < -0.4 is 9.47 Å². The molecular weight excluding hydrogens is 444 g/mol. The highest BCUT2D eigenvalue weighted by molar-refractivity contribution is 6.00. The molecule has 0 bridgehead atoms. The smallest absolute Gasteiger partial charge is 0.275 e. The number of carbonyl (C=O) groups is 1. The summed E-state index contributed by atoms with van der Waals surface area (Å²) in [6.07, 6.45) is 4.28. The third-order valence-electron chi connectivity index (χ3n) is 6.63. The van der Waals surface area contributed by atoms with Gasteiger partial charge in [-0.1, -0.05) is 12.1 Å². The maximum Gasteiger partial charge on any atom is 0.275 e. The van der Waals surface area contributed by atoms with Crippen LogP contribution in [0, 0.1) is 0 Å². The summed E-state index contributed by atoms with van der Waals surface area (Å²) in [5.41, 5.74) is 5.06. The van der Waals surface area contributed by atoms with Gasteiger partial charge < -0.3 is 23.8 Å². The fourth-order valence-corrected chi connectivity index (χ4v) is 4.92. The van der Waals surface area contributed by atoms with E-state index in [1.165, 1.54) is 0 Å². The Balaban J connectivity index is 1.40. The van der Waals surface area contributed by atoms with Gasteiger partial charge in [0.2, 0.25) is 0 Å². The number of methoxy groups -OCH3 is 2. The minimum Gasteiger partial charge on any atom is -0.497 e. The summed E-state index contributed by atoms with van der Waals surface area (Å²) in [6, 6.07) is 17.1. The largest absolute Gasteiger partial charge is 0.497 e. The number of aromatic amines is 2. The maximum absolute atomic E-state index is 13.6. The van der Waals surface area contributed by atoms with Crippen LogP contribution in [0.3, 0.4) is 0 Å². The van der Waals surface area contributed by atoms with E-state index in [2.05, 4.69) is 15.2 Å². The lowest BCUT2D eigenvalue weighted by Crippen LogP contribution is -2.31. The lowest BCUT2D eigenvalue weighted by Gasteiger charge is -2.26. The van der Waals surface area contributed by atoms with Crippen LogP contribution in [-0.2, 0) is 6.42 Å². The molecule has 8 heteroatoms. The Morgan fingerprint density at radius 1 is 1.06 bits per heavy atom. The van der Waals surface area contributed by atoms with Crippen molar-refractivity contribution in [3.8, 4) is 23.0 Å². The number of amides is 1. The molecule has 35 heavy (non-hydrogen) atoms. The van der Waals surface area contributed by atoms with Crippen LogP contribution in [0.2, 0.25) is 0 Å². The lowest BCUT2D eigenvalue weighted by atomic mass is 9.97. The first-order valence-corrected chi connectivity index (χ1v) is 11.4. The Kier molecular flexibility index (Phi) is 5.06. The van der Waals surface area contributed by atoms with E-state index < -0.39 is 0 Å². The van der Waals surface area contributed by atoms with Crippen LogP contribution in [0.1, 0.15) is 33.2 Å². The van der Waals surface area contributed by atoms with Gasteiger partial charge >= 0.3 is 0 Å². The SMILES string of the molecule is COc1cccc([C@H]2c3c(n[nH]c3-c3ccco3)C(=O)N2CCc2c[nH]c3ccc(OC)cc23)c1. The highest BCUT2D eigenvalue weighted by Crippen LogP contribution is 2.43. The molecule has 1 aliphatic rings. The van der Waals surface area contributed by atoms with Gasteiger partial charge in [0.1, 0.15) is 17.2 Å². The van der Waals surface area contributed by atoms with Gasteiger partial charge in [-0.3, -0.25) is 9.89 Å². The Morgan fingerprint density at radius 2 is 1.91 bits per heavy atom. The molecule has 5 aromatic rings. The van der Waals surface area contributed by atoms with Crippen molar-refractivity contribution in [1.29, 1.82) is 0 Å². The van der Waals surface area contributed by atoms with Crippen LogP contribution >= 0.6 is 0 Å². The van der Waals surface area contributed by atoms with Crippen molar-refractivity contribution in [3.63, 3.8) is 0 Å². The van der Waals surface area contributed by atoms with Gasteiger partial charge in [-0.05, 0) is 60.0 Å². The zero-order chi connectivity index (χ0) is 23.9. The first-order chi connectivity index (χ1) is 17.2. The van der Waals surface area contributed by atoms with Gasteiger partial charge in [0.05, 0.1) is 26.5 Å². The molecule has 2 aromatic carbocycles. The molecule has 8 nitrogen and oxygen atoms in total. The van der Waals surface area contributed by atoms with Crippen LogP contribution in [0.5, 0.6) is 11.5 Å². The lowest BCUT2D eigenvalue weighted by molar-refractivity contribution is 0.0746. The molecule has 3 aromatic heterocycles. The minimum absolute atomic E-state index is 0.112. The molecule has 6 rings (SSSR count). The number of carbonyl (C=O) groups excluding carboxylic acids is 1. The van der Waals surface area contributed by atoms with Crippen molar-refractivity contribution >= 4 is 16.8 Å². The summed E-state index contributed by atoms with van der Waals surface area (Å²) < 4.78 is 16.5. The predicted molar refractivity (Wildman–Crippen MR) is 131 cm³/mol. The van der Waals surface area contributed by atoms with E-state index in [1.807, 2.05) is 65.7 Å². The average Bonchev–Trinajstić information content (AvgIpc) is 3.68. The molecule has 0 saturated carbocycles. The standard InChI is InChI=1S/C27H24N4O4/c1-33-18-6-3-5-16(13-18)26-23-24(22-7-4-12-35-22)29-30-25(23)27(32)31(26)11-10-17-15-28-21-9-8-19(34-2)14-20(17)21/h3-9,12-15,26,28H,10-11H2,1-2H3,(H,29,30)/t26-/m0/s1. The van der Waals surface area contributed by atoms with E-state index in [0.29, 0.717) is 30.1 Å². The summed E-state index contributed by atoms with van der Waals surface area (Å²) in [5.74, 6) is 2.06. The highest BCUT2D eigenvalue weighted by Gasteiger charge is 2.42. The third kappa shape index (κ3) is 3.45. The number of benzene rings is 2. The topological polar surface area (TPSA) is 96.4 Å². The molecule has 0 radical (unpaired) electrons. The number of rotatable bonds is 7. The molecule has 176 valence electrons. The molecule has 0 unspecified atom stereocenters. The Bertz CT molecular complexity index is 1520. The second-order valence-electron chi connectivity index (χ2n) is 8.49. The van der Waals surface area contributed by atoms with E-state index in [9.17, 15) is 4.79 Å². The van der Waals surface area contributed by atoms with Crippen LogP contribution in [-0.4, -0.2) is 46.8 Å². The first kappa shape index (κ1) is 21.1. The van der Waals surface area contributed by atoms with Crippen molar-refractivity contribution in [1.82, 2.24) is 20.1 Å².